The van der Waals surface area contributed by atoms with Crippen LogP contribution >= 0.6 is 0 Å². The van der Waals surface area contributed by atoms with Crippen LogP contribution in [0.4, 0.5) is 11.8 Å². The second-order valence-electron chi connectivity index (χ2n) is 5.51. The van der Waals surface area contributed by atoms with Gasteiger partial charge in [0.25, 0.3) is 0 Å². The molecule has 0 atom stereocenters. The summed E-state index contributed by atoms with van der Waals surface area (Å²) in [6.07, 6.45) is 4.65. The maximum Gasteiger partial charge on any atom is 0.225 e. The van der Waals surface area contributed by atoms with E-state index < -0.39 is 0 Å². The number of nitrogens with one attached hydrogen (secondary N) is 2. The second-order valence-corrected chi connectivity index (χ2v) is 5.51. The number of pyridine rings is 1. The van der Waals surface area contributed by atoms with Gasteiger partial charge >= 0.3 is 0 Å². The van der Waals surface area contributed by atoms with E-state index in [2.05, 4.69) is 44.6 Å². The number of anilines is 2. The maximum atomic E-state index is 4.50. The molecule has 2 N–H and O–H groups in total. The van der Waals surface area contributed by atoms with Crippen LogP contribution in [0.3, 0.4) is 0 Å². The number of hydrogen-bond donors (Lipinski definition) is 2. The molecular weight excluding hydrogens is 276 g/mol. The third-order valence-corrected chi connectivity index (χ3v) is 3.14. The summed E-state index contributed by atoms with van der Waals surface area (Å²) in [5.74, 6) is 1.51. The number of rotatable bonds is 8. The van der Waals surface area contributed by atoms with Crippen molar-refractivity contribution < 1.29 is 0 Å². The van der Waals surface area contributed by atoms with Crippen molar-refractivity contribution in [3.63, 3.8) is 0 Å². The van der Waals surface area contributed by atoms with Crippen LogP contribution in [0.2, 0.25) is 0 Å². The van der Waals surface area contributed by atoms with Gasteiger partial charge in [-0.2, -0.15) is 4.98 Å². The number of nitrogens with zero attached hydrogens (tertiary/aromatic N) is 4. The van der Waals surface area contributed by atoms with E-state index in [0.717, 1.165) is 36.6 Å². The third kappa shape index (κ3) is 5.65. The van der Waals surface area contributed by atoms with E-state index in [1.807, 2.05) is 25.1 Å². The van der Waals surface area contributed by atoms with Gasteiger partial charge in [-0.05, 0) is 51.7 Å². The summed E-state index contributed by atoms with van der Waals surface area (Å²) in [5.41, 5.74) is 2.10. The zero-order valence-electron chi connectivity index (χ0n) is 13.5. The highest BCUT2D eigenvalue weighted by Gasteiger charge is 2.02. The van der Waals surface area contributed by atoms with Gasteiger partial charge in [-0.15, -0.1) is 0 Å². The van der Waals surface area contributed by atoms with Gasteiger partial charge in [-0.3, -0.25) is 4.98 Å². The summed E-state index contributed by atoms with van der Waals surface area (Å²) in [5, 5.41) is 6.60. The number of aromatic nitrogens is 3. The summed E-state index contributed by atoms with van der Waals surface area (Å²) in [6, 6.07) is 5.92. The highest BCUT2D eigenvalue weighted by Crippen LogP contribution is 2.10. The highest BCUT2D eigenvalue weighted by atomic mass is 15.1. The molecule has 0 saturated carbocycles. The molecule has 0 unspecified atom stereocenters. The lowest BCUT2D eigenvalue weighted by atomic mass is 10.3. The second kappa shape index (κ2) is 8.29. The van der Waals surface area contributed by atoms with E-state index in [-0.39, 0.29) is 0 Å². The molecule has 0 radical (unpaired) electrons. The lowest BCUT2D eigenvalue weighted by Crippen LogP contribution is -2.17. The molecule has 118 valence electrons. The van der Waals surface area contributed by atoms with E-state index in [1.54, 1.807) is 12.4 Å². The summed E-state index contributed by atoms with van der Waals surface area (Å²) in [7, 11) is 4.16. The molecule has 0 aliphatic rings. The van der Waals surface area contributed by atoms with E-state index in [4.69, 9.17) is 0 Å². The SMILES string of the molecule is Cc1cc(NCCCN(C)C)nc(NCc2ccncc2)n1. The predicted octanol–water partition coefficient (Wildman–Crippen LogP) is 2.16. The van der Waals surface area contributed by atoms with E-state index in [0.29, 0.717) is 12.5 Å². The average Bonchev–Trinajstić information content (AvgIpc) is 2.50. The Bertz CT molecular complexity index is 570. The van der Waals surface area contributed by atoms with Crippen molar-refractivity contribution in [2.75, 3.05) is 37.8 Å². The minimum Gasteiger partial charge on any atom is -0.370 e. The van der Waals surface area contributed by atoms with Gasteiger partial charge in [0.1, 0.15) is 5.82 Å². The van der Waals surface area contributed by atoms with Crippen LogP contribution < -0.4 is 10.6 Å². The molecule has 0 saturated heterocycles. The fourth-order valence-electron chi connectivity index (χ4n) is 2.03. The molecule has 0 aliphatic carbocycles. The van der Waals surface area contributed by atoms with Crippen LogP contribution in [0.1, 0.15) is 17.7 Å². The van der Waals surface area contributed by atoms with Crippen LogP contribution in [0.15, 0.2) is 30.6 Å². The largest absolute Gasteiger partial charge is 0.370 e. The molecule has 2 aromatic rings. The number of aryl methyl sites for hydroxylation is 1. The molecule has 22 heavy (non-hydrogen) atoms. The Hall–Kier alpha value is -2.21. The van der Waals surface area contributed by atoms with Crippen molar-refractivity contribution in [2.45, 2.75) is 19.9 Å². The van der Waals surface area contributed by atoms with Gasteiger partial charge in [0.05, 0.1) is 0 Å². The zero-order chi connectivity index (χ0) is 15.8. The summed E-state index contributed by atoms with van der Waals surface area (Å²) in [4.78, 5) is 15.1. The quantitative estimate of drug-likeness (QED) is 0.728. The normalized spacial score (nSPS) is 10.7. The molecule has 2 heterocycles. The summed E-state index contributed by atoms with van der Waals surface area (Å²) < 4.78 is 0. The van der Waals surface area contributed by atoms with Gasteiger partial charge in [0, 0.05) is 37.2 Å². The molecule has 0 fully saturated rings. The van der Waals surface area contributed by atoms with Gasteiger partial charge in [0.15, 0.2) is 0 Å². The first-order valence-corrected chi connectivity index (χ1v) is 7.50. The van der Waals surface area contributed by atoms with E-state index in [1.165, 1.54) is 0 Å². The van der Waals surface area contributed by atoms with Gasteiger partial charge < -0.3 is 15.5 Å². The van der Waals surface area contributed by atoms with Crippen molar-refractivity contribution in [2.24, 2.45) is 0 Å². The Morgan fingerprint density at radius 2 is 1.86 bits per heavy atom. The van der Waals surface area contributed by atoms with Crippen molar-refractivity contribution in [3.05, 3.63) is 41.9 Å². The fraction of sp³-hybridized carbons (Fsp3) is 0.438. The Balaban J connectivity index is 1.89. The Morgan fingerprint density at radius 1 is 1.09 bits per heavy atom. The van der Waals surface area contributed by atoms with Crippen molar-refractivity contribution >= 4 is 11.8 Å². The predicted molar refractivity (Wildman–Crippen MR) is 90.0 cm³/mol. The van der Waals surface area contributed by atoms with Crippen molar-refractivity contribution in [1.82, 2.24) is 19.9 Å². The first-order chi connectivity index (χ1) is 10.6. The molecule has 0 aromatic carbocycles. The highest BCUT2D eigenvalue weighted by molar-refractivity contribution is 5.42. The van der Waals surface area contributed by atoms with Crippen LogP contribution in [-0.4, -0.2) is 47.0 Å². The lowest BCUT2D eigenvalue weighted by molar-refractivity contribution is 0.405. The Morgan fingerprint density at radius 3 is 2.59 bits per heavy atom. The minimum atomic E-state index is 0.645. The molecule has 6 nitrogen and oxygen atoms in total. The first-order valence-electron chi connectivity index (χ1n) is 7.50. The molecule has 2 rings (SSSR count). The van der Waals surface area contributed by atoms with Crippen LogP contribution in [0, 0.1) is 6.92 Å². The van der Waals surface area contributed by atoms with Crippen LogP contribution in [0.25, 0.3) is 0 Å². The molecule has 6 heteroatoms. The van der Waals surface area contributed by atoms with E-state index in [9.17, 15) is 0 Å². The van der Waals surface area contributed by atoms with Crippen LogP contribution in [-0.2, 0) is 6.54 Å². The number of hydrogen-bond acceptors (Lipinski definition) is 6. The lowest BCUT2D eigenvalue weighted by Gasteiger charge is -2.12. The van der Waals surface area contributed by atoms with Crippen LogP contribution in [0.5, 0.6) is 0 Å². The fourth-order valence-corrected chi connectivity index (χ4v) is 2.03. The molecule has 0 bridgehead atoms. The van der Waals surface area contributed by atoms with Gasteiger partial charge in [0.2, 0.25) is 5.95 Å². The molecule has 2 aromatic heterocycles. The molecular formula is C16H24N6. The average molecular weight is 300 g/mol. The van der Waals surface area contributed by atoms with E-state index >= 15 is 0 Å². The minimum absolute atomic E-state index is 0.645. The van der Waals surface area contributed by atoms with Gasteiger partial charge in [-0.25, -0.2) is 4.98 Å². The van der Waals surface area contributed by atoms with Crippen molar-refractivity contribution in [3.8, 4) is 0 Å². The summed E-state index contributed by atoms with van der Waals surface area (Å²) >= 11 is 0. The molecule has 0 spiro atoms. The summed E-state index contributed by atoms with van der Waals surface area (Å²) in [6.45, 7) is 4.62. The Labute approximate surface area is 132 Å². The molecule has 0 amide bonds. The zero-order valence-corrected chi connectivity index (χ0v) is 13.5. The Kier molecular flexibility index (Phi) is 6.09. The van der Waals surface area contributed by atoms with Gasteiger partial charge in [-0.1, -0.05) is 0 Å². The third-order valence-electron chi connectivity index (χ3n) is 3.14. The molecule has 0 aliphatic heterocycles. The monoisotopic (exact) mass is 300 g/mol. The maximum absolute atomic E-state index is 4.50. The smallest absolute Gasteiger partial charge is 0.225 e. The standard InChI is InChI=1S/C16H24N6/c1-13-11-15(18-7-4-10-22(2)3)21-16(20-13)19-12-14-5-8-17-9-6-14/h5-6,8-9,11H,4,7,10,12H2,1-3H3,(H2,18,19,20,21). The topological polar surface area (TPSA) is 66.0 Å². The van der Waals surface area contributed by atoms with Crippen molar-refractivity contribution in [1.29, 1.82) is 0 Å². The first kappa shape index (κ1) is 16.2.